The van der Waals surface area contributed by atoms with Crippen LogP contribution in [0.1, 0.15) is 12.8 Å². The van der Waals surface area contributed by atoms with Crippen molar-refractivity contribution in [2.75, 3.05) is 25.0 Å². The minimum atomic E-state index is -0.466. The predicted octanol–water partition coefficient (Wildman–Crippen LogP) is 0.956. The van der Waals surface area contributed by atoms with E-state index in [-0.39, 0.29) is 24.2 Å². The number of anilines is 1. The van der Waals surface area contributed by atoms with Gasteiger partial charge in [-0.05, 0) is 18.9 Å². The maximum atomic E-state index is 12.0. The van der Waals surface area contributed by atoms with Crippen molar-refractivity contribution in [2.45, 2.75) is 18.9 Å². The summed E-state index contributed by atoms with van der Waals surface area (Å²) in [5.74, 6) is -0.0601. The number of nitro benzene ring substituents is 1. The highest BCUT2D eigenvalue weighted by Gasteiger charge is 2.21. The number of nitrogens with zero attached hydrogens (tertiary/aromatic N) is 2. The lowest BCUT2D eigenvalue weighted by atomic mass is 10.1. The van der Waals surface area contributed by atoms with Crippen LogP contribution in [0.15, 0.2) is 24.3 Å². The normalized spacial score (nSPS) is 15.9. The van der Waals surface area contributed by atoms with Gasteiger partial charge in [-0.2, -0.15) is 0 Å². The van der Waals surface area contributed by atoms with Crippen LogP contribution >= 0.6 is 0 Å². The van der Waals surface area contributed by atoms with Crippen LogP contribution in [0.3, 0.4) is 0 Å². The smallest absolute Gasteiger partial charge is 0.292 e. The molecule has 108 valence electrons. The number of carbonyl (C=O) groups excluding carboxylic acids is 1. The first kappa shape index (κ1) is 14.3. The molecule has 7 nitrogen and oxygen atoms in total. The van der Waals surface area contributed by atoms with Gasteiger partial charge in [0, 0.05) is 25.2 Å². The highest BCUT2D eigenvalue weighted by atomic mass is 16.6. The summed E-state index contributed by atoms with van der Waals surface area (Å²) in [5, 5.41) is 13.7. The van der Waals surface area contributed by atoms with Gasteiger partial charge in [0.25, 0.3) is 5.69 Å². The predicted molar refractivity (Wildman–Crippen MR) is 75.4 cm³/mol. The van der Waals surface area contributed by atoms with E-state index in [1.54, 1.807) is 23.1 Å². The van der Waals surface area contributed by atoms with Crippen LogP contribution in [0.25, 0.3) is 0 Å². The molecule has 0 spiro atoms. The average Bonchev–Trinajstić information content (AvgIpc) is 2.45. The third-order valence-corrected chi connectivity index (χ3v) is 3.42. The van der Waals surface area contributed by atoms with Gasteiger partial charge in [0.15, 0.2) is 0 Å². The number of benzene rings is 1. The van der Waals surface area contributed by atoms with Crippen LogP contribution in [-0.4, -0.2) is 41.4 Å². The van der Waals surface area contributed by atoms with E-state index in [9.17, 15) is 14.9 Å². The Morgan fingerprint density at radius 2 is 2.05 bits per heavy atom. The summed E-state index contributed by atoms with van der Waals surface area (Å²) in [6.07, 6.45) is 1.61. The van der Waals surface area contributed by atoms with Crippen LogP contribution in [0.5, 0.6) is 0 Å². The molecule has 0 saturated carbocycles. The Bertz CT molecular complexity index is 498. The van der Waals surface area contributed by atoms with E-state index >= 15 is 0 Å². The molecular formula is C13H18N4O3. The first-order chi connectivity index (χ1) is 9.58. The SMILES string of the molecule is NC1CCN(C(=O)CNc2ccccc2[N+](=O)[O-])CC1. The van der Waals surface area contributed by atoms with Gasteiger partial charge in [-0.25, -0.2) is 0 Å². The molecule has 1 saturated heterocycles. The lowest BCUT2D eigenvalue weighted by Crippen LogP contribution is -2.44. The van der Waals surface area contributed by atoms with Crippen molar-refractivity contribution < 1.29 is 9.72 Å². The first-order valence-corrected chi connectivity index (χ1v) is 6.58. The maximum absolute atomic E-state index is 12.0. The van der Waals surface area contributed by atoms with Crippen LogP contribution in [0.2, 0.25) is 0 Å². The third-order valence-electron chi connectivity index (χ3n) is 3.42. The molecule has 0 radical (unpaired) electrons. The number of hydrogen-bond donors (Lipinski definition) is 2. The quantitative estimate of drug-likeness (QED) is 0.631. The fourth-order valence-electron chi connectivity index (χ4n) is 2.21. The molecule has 3 N–H and O–H groups in total. The van der Waals surface area contributed by atoms with Gasteiger partial charge in [-0.3, -0.25) is 14.9 Å². The lowest BCUT2D eigenvalue weighted by molar-refractivity contribution is -0.383. The second-order valence-electron chi connectivity index (χ2n) is 4.85. The Kier molecular flexibility index (Phi) is 4.52. The maximum Gasteiger partial charge on any atom is 0.292 e. The number of nitrogens with two attached hydrogens (primary N) is 1. The number of carbonyl (C=O) groups is 1. The molecule has 0 aliphatic carbocycles. The second kappa shape index (κ2) is 6.33. The number of nitrogens with one attached hydrogen (secondary N) is 1. The van der Waals surface area contributed by atoms with Gasteiger partial charge >= 0.3 is 0 Å². The van der Waals surface area contributed by atoms with Gasteiger partial charge in [0.2, 0.25) is 5.91 Å². The summed E-state index contributed by atoms with van der Waals surface area (Å²) in [5.41, 5.74) is 6.12. The van der Waals surface area contributed by atoms with Crippen LogP contribution < -0.4 is 11.1 Å². The molecule has 0 bridgehead atoms. The van der Waals surface area contributed by atoms with Crippen molar-refractivity contribution in [2.24, 2.45) is 5.73 Å². The van der Waals surface area contributed by atoms with E-state index in [1.165, 1.54) is 6.07 Å². The molecule has 1 amide bonds. The zero-order valence-electron chi connectivity index (χ0n) is 11.1. The summed E-state index contributed by atoms with van der Waals surface area (Å²) in [7, 11) is 0. The number of likely N-dealkylation sites (tertiary alicyclic amines) is 1. The molecule has 1 aromatic carbocycles. The molecule has 0 unspecified atom stereocenters. The average molecular weight is 278 g/mol. The zero-order valence-corrected chi connectivity index (χ0v) is 11.1. The first-order valence-electron chi connectivity index (χ1n) is 6.58. The van der Waals surface area contributed by atoms with Crippen molar-refractivity contribution in [3.63, 3.8) is 0 Å². The molecule has 0 atom stereocenters. The number of nitro groups is 1. The number of rotatable bonds is 4. The van der Waals surface area contributed by atoms with Crippen LogP contribution in [-0.2, 0) is 4.79 Å². The Hall–Kier alpha value is -2.15. The molecular weight excluding hydrogens is 260 g/mol. The van der Waals surface area contributed by atoms with Crippen molar-refractivity contribution in [3.05, 3.63) is 34.4 Å². The topological polar surface area (TPSA) is 102 Å². The summed E-state index contributed by atoms with van der Waals surface area (Å²) in [6.45, 7) is 1.36. The van der Waals surface area contributed by atoms with E-state index < -0.39 is 4.92 Å². The molecule has 1 aromatic rings. The van der Waals surface area contributed by atoms with Crippen LogP contribution in [0.4, 0.5) is 11.4 Å². The molecule has 20 heavy (non-hydrogen) atoms. The summed E-state index contributed by atoms with van der Waals surface area (Å²) >= 11 is 0. The largest absolute Gasteiger partial charge is 0.371 e. The number of amides is 1. The summed E-state index contributed by atoms with van der Waals surface area (Å²) < 4.78 is 0. The van der Waals surface area contributed by atoms with Gasteiger partial charge in [0.05, 0.1) is 11.5 Å². The van der Waals surface area contributed by atoms with E-state index in [2.05, 4.69) is 5.32 Å². The molecule has 1 heterocycles. The van der Waals surface area contributed by atoms with Crippen LogP contribution in [0, 0.1) is 10.1 Å². The molecule has 1 fully saturated rings. The number of piperidine rings is 1. The minimum Gasteiger partial charge on any atom is -0.371 e. The zero-order chi connectivity index (χ0) is 14.5. The monoisotopic (exact) mass is 278 g/mol. The lowest BCUT2D eigenvalue weighted by Gasteiger charge is -2.30. The Labute approximate surface area is 116 Å². The third kappa shape index (κ3) is 3.45. The van der Waals surface area contributed by atoms with E-state index in [1.807, 2.05) is 0 Å². The fraction of sp³-hybridized carbons (Fsp3) is 0.462. The van der Waals surface area contributed by atoms with Gasteiger partial charge in [-0.15, -0.1) is 0 Å². The van der Waals surface area contributed by atoms with Crippen molar-refractivity contribution in [1.82, 2.24) is 4.90 Å². The standard InChI is InChI=1S/C13H18N4O3/c14-10-5-7-16(8-6-10)13(18)9-15-11-3-1-2-4-12(11)17(19)20/h1-4,10,15H,5-9,14H2. The molecule has 0 aromatic heterocycles. The van der Waals surface area contributed by atoms with Gasteiger partial charge in [0.1, 0.15) is 5.69 Å². The molecule has 7 heteroatoms. The van der Waals surface area contributed by atoms with E-state index in [4.69, 9.17) is 5.73 Å². The summed E-state index contributed by atoms with van der Waals surface area (Å²) in [4.78, 5) is 24.1. The number of para-hydroxylation sites is 2. The Morgan fingerprint density at radius 1 is 1.40 bits per heavy atom. The molecule has 1 aliphatic rings. The highest BCUT2D eigenvalue weighted by molar-refractivity contribution is 5.81. The minimum absolute atomic E-state index is 0.0269. The Morgan fingerprint density at radius 3 is 2.70 bits per heavy atom. The van der Waals surface area contributed by atoms with E-state index in [0.29, 0.717) is 18.8 Å². The number of hydrogen-bond acceptors (Lipinski definition) is 5. The van der Waals surface area contributed by atoms with Crippen molar-refractivity contribution in [1.29, 1.82) is 0 Å². The van der Waals surface area contributed by atoms with E-state index in [0.717, 1.165) is 12.8 Å². The van der Waals surface area contributed by atoms with Gasteiger partial charge in [-0.1, -0.05) is 12.1 Å². The Balaban J connectivity index is 1.92. The second-order valence-corrected chi connectivity index (χ2v) is 4.85. The van der Waals surface area contributed by atoms with Crippen molar-refractivity contribution >= 4 is 17.3 Å². The highest BCUT2D eigenvalue weighted by Crippen LogP contribution is 2.22. The van der Waals surface area contributed by atoms with Gasteiger partial charge < -0.3 is 16.0 Å². The summed E-state index contributed by atoms with van der Waals surface area (Å²) in [6, 6.07) is 6.46. The molecule has 1 aliphatic heterocycles. The molecule has 2 rings (SSSR count). The fourth-order valence-corrected chi connectivity index (χ4v) is 2.21. The van der Waals surface area contributed by atoms with Crippen molar-refractivity contribution in [3.8, 4) is 0 Å².